The van der Waals surface area contributed by atoms with Crippen molar-refractivity contribution in [1.29, 1.82) is 0 Å². The third-order valence-electron chi connectivity index (χ3n) is 3.76. The number of methoxy groups -OCH3 is 1. The summed E-state index contributed by atoms with van der Waals surface area (Å²) in [6, 6.07) is 13.4. The minimum Gasteiger partial charge on any atom is -0.496 e. The second kappa shape index (κ2) is 7.12. The van der Waals surface area contributed by atoms with Gasteiger partial charge in [-0.3, -0.25) is 4.79 Å². The van der Waals surface area contributed by atoms with E-state index in [1.165, 1.54) is 12.1 Å². The predicted octanol–water partition coefficient (Wildman–Crippen LogP) is 2.64. The molecule has 0 spiro atoms. The second-order valence-corrected chi connectivity index (χ2v) is 5.38. The number of para-hydroxylation sites is 1. The van der Waals surface area contributed by atoms with Gasteiger partial charge in [-0.25, -0.2) is 4.39 Å². The molecule has 0 saturated heterocycles. The fraction of sp³-hybridized carbons (Fsp3) is 0.222. The molecule has 0 fully saturated rings. The summed E-state index contributed by atoms with van der Waals surface area (Å²) in [5.41, 5.74) is 2.30. The van der Waals surface area contributed by atoms with Crippen molar-refractivity contribution >= 4 is 11.6 Å². The van der Waals surface area contributed by atoms with E-state index in [1.54, 1.807) is 19.2 Å². The van der Waals surface area contributed by atoms with Crippen LogP contribution in [0.25, 0.3) is 0 Å². The van der Waals surface area contributed by atoms with E-state index in [0.717, 1.165) is 11.1 Å². The largest absolute Gasteiger partial charge is 0.496 e. The van der Waals surface area contributed by atoms with E-state index in [0.29, 0.717) is 24.4 Å². The zero-order chi connectivity index (χ0) is 16.9. The van der Waals surface area contributed by atoms with E-state index in [9.17, 15) is 9.18 Å². The lowest BCUT2D eigenvalue weighted by Gasteiger charge is -2.10. The summed E-state index contributed by atoms with van der Waals surface area (Å²) in [7, 11) is 1.59. The highest BCUT2D eigenvalue weighted by molar-refractivity contribution is 6.05. The molecule has 0 aliphatic carbocycles. The molecule has 24 heavy (non-hydrogen) atoms. The molecule has 1 amide bonds. The van der Waals surface area contributed by atoms with Crippen LogP contribution in [0.2, 0.25) is 0 Å². The first-order valence-electron chi connectivity index (χ1n) is 7.55. The molecule has 0 aromatic heterocycles. The van der Waals surface area contributed by atoms with Crippen molar-refractivity contribution in [3.05, 3.63) is 65.5 Å². The molecule has 124 valence electrons. The lowest BCUT2D eigenvalue weighted by Crippen LogP contribution is -2.34. The van der Waals surface area contributed by atoms with E-state index in [1.807, 2.05) is 24.3 Å². The van der Waals surface area contributed by atoms with Gasteiger partial charge in [0.15, 0.2) is 0 Å². The highest BCUT2D eigenvalue weighted by Gasteiger charge is 2.29. The molecule has 3 rings (SSSR count). The maximum absolute atomic E-state index is 12.9. The summed E-state index contributed by atoms with van der Waals surface area (Å²) < 4.78 is 18.2. The number of hydrogen-bond donors (Lipinski definition) is 1. The molecule has 1 atom stereocenters. The molecule has 6 heteroatoms. The van der Waals surface area contributed by atoms with E-state index in [2.05, 4.69) is 10.5 Å². The molecule has 5 nitrogen and oxygen atoms in total. The molecule has 2 aromatic carbocycles. The summed E-state index contributed by atoms with van der Waals surface area (Å²) in [6.07, 6.45) is -0.305. The van der Waals surface area contributed by atoms with Crippen molar-refractivity contribution in [3.63, 3.8) is 0 Å². The highest BCUT2D eigenvalue weighted by Crippen LogP contribution is 2.24. The van der Waals surface area contributed by atoms with Gasteiger partial charge in [0.1, 0.15) is 11.6 Å². The van der Waals surface area contributed by atoms with Crippen molar-refractivity contribution in [2.45, 2.75) is 19.1 Å². The SMILES string of the molecule is COc1ccccc1C1=NO[C@@H](C(=O)NCc2ccc(F)cc2)C1. The van der Waals surface area contributed by atoms with Crippen molar-refractivity contribution in [2.24, 2.45) is 5.16 Å². The van der Waals surface area contributed by atoms with Crippen LogP contribution in [0.3, 0.4) is 0 Å². The zero-order valence-corrected chi connectivity index (χ0v) is 13.2. The molecular formula is C18H17FN2O3. The normalized spacial score (nSPS) is 16.2. The van der Waals surface area contributed by atoms with E-state index in [4.69, 9.17) is 9.57 Å². The number of nitrogens with zero attached hydrogens (tertiary/aromatic N) is 1. The number of hydrogen-bond acceptors (Lipinski definition) is 4. The van der Waals surface area contributed by atoms with Crippen LogP contribution in [0.5, 0.6) is 5.75 Å². The van der Waals surface area contributed by atoms with Gasteiger partial charge in [-0.2, -0.15) is 0 Å². The molecule has 0 unspecified atom stereocenters. The smallest absolute Gasteiger partial charge is 0.264 e. The Bertz CT molecular complexity index is 759. The Morgan fingerprint density at radius 2 is 2.04 bits per heavy atom. The number of oxime groups is 1. The summed E-state index contributed by atoms with van der Waals surface area (Å²) >= 11 is 0. The third-order valence-corrected chi connectivity index (χ3v) is 3.76. The van der Waals surface area contributed by atoms with Gasteiger partial charge in [-0.05, 0) is 29.8 Å². The summed E-state index contributed by atoms with van der Waals surface area (Å²) in [6.45, 7) is 0.308. The third kappa shape index (κ3) is 3.53. The van der Waals surface area contributed by atoms with Crippen LogP contribution >= 0.6 is 0 Å². The van der Waals surface area contributed by atoms with E-state index < -0.39 is 6.10 Å². The number of rotatable bonds is 5. The molecular weight excluding hydrogens is 311 g/mol. The standard InChI is InChI=1S/C18H17FN2O3/c1-23-16-5-3-2-4-14(16)15-10-17(24-21-15)18(22)20-11-12-6-8-13(19)9-7-12/h2-9,17H,10-11H2,1H3,(H,20,22)/t17-/m1/s1. The van der Waals surface area contributed by atoms with Gasteiger partial charge in [0, 0.05) is 18.5 Å². The number of benzene rings is 2. The average Bonchev–Trinajstić information content (AvgIpc) is 3.11. The Labute approximate surface area is 139 Å². The molecule has 0 bridgehead atoms. The number of ether oxygens (including phenoxy) is 1. The summed E-state index contributed by atoms with van der Waals surface area (Å²) in [5, 5.41) is 6.78. The van der Waals surface area contributed by atoms with Crippen LogP contribution in [-0.4, -0.2) is 24.8 Å². The topological polar surface area (TPSA) is 59.9 Å². The minimum atomic E-state index is -0.676. The van der Waals surface area contributed by atoms with Gasteiger partial charge in [0.25, 0.3) is 5.91 Å². The lowest BCUT2D eigenvalue weighted by atomic mass is 10.0. The highest BCUT2D eigenvalue weighted by atomic mass is 19.1. The number of amides is 1. The Morgan fingerprint density at radius 1 is 1.29 bits per heavy atom. The van der Waals surface area contributed by atoms with E-state index >= 15 is 0 Å². The van der Waals surface area contributed by atoms with Crippen molar-refractivity contribution in [3.8, 4) is 5.75 Å². The molecule has 2 aromatic rings. The van der Waals surface area contributed by atoms with Crippen molar-refractivity contribution in [1.82, 2.24) is 5.32 Å². The Hall–Kier alpha value is -2.89. The van der Waals surface area contributed by atoms with Crippen LogP contribution in [-0.2, 0) is 16.2 Å². The summed E-state index contributed by atoms with van der Waals surface area (Å²) in [5.74, 6) is 0.124. The predicted molar refractivity (Wildman–Crippen MR) is 87.3 cm³/mol. The Morgan fingerprint density at radius 3 is 2.79 bits per heavy atom. The fourth-order valence-corrected chi connectivity index (χ4v) is 2.47. The fourth-order valence-electron chi connectivity index (χ4n) is 2.47. The zero-order valence-electron chi connectivity index (χ0n) is 13.2. The first kappa shape index (κ1) is 16.0. The van der Waals surface area contributed by atoms with E-state index in [-0.39, 0.29) is 11.7 Å². The Balaban J connectivity index is 1.58. The first-order chi connectivity index (χ1) is 11.7. The van der Waals surface area contributed by atoms with Crippen molar-refractivity contribution in [2.75, 3.05) is 7.11 Å². The number of carbonyl (C=O) groups excluding carboxylic acids is 1. The summed E-state index contributed by atoms with van der Waals surface area (Å²) in [4.78, 5) is 17.5. The Kier molecular flexibility index (Phi) is 4.74. The monoisotopic (exact) mass is 328 g/mol. The molecule has 0 radical (unpaired) electrons. The number of nitrogens with one attached hydrogen (secondary N) is 1. The molecule has 1 heterocycles. The maximum Gasteiger partial charge on any atom is 0.264 e. The van der Waals surface area contributed by atoms with Crippen LogP contribution in [0.4, 0.5) is 4.39 Å². The van der Waals surface area contributed by atoms with Crippen LogP contribution in [0, 0.1) is 5.82 Å². The lowest BCUT2D eigenvalue weighted by molar-refractivity contribution is -0.131. The number of carbonyl (C=O) groups is 1. The van der Waals surface area contributed by atoms with Crippen LogP contribution in [0.1, 0.15) is 17.5 Å². The average molecular weight is 328 g/mol. The van der Waals surface area contributed by atoms with Gasteiger partial charge < -0.3 is 14.9 Å². The molecule has 1 N–H and O–H groups in total. The quantitative estimate of drug-likeness (QED) is 0.918. The second-order valence-electron chi connectivity index (χ2n) is 5.38. The molecule has 0 saturated carbocycles. The van der Waals surface area contributed by atoms with Crippen molar-refractivity contribution < 1.29 is 18.8 Å². The van der Waals surface area contributed by atoms with Gasteiger partial charge in [0.05, 0.1) is 12.8 Å². The van der Waals surface area contributed by atoms with Crippen LogP contribution in [0.15, 0.2) is 53.7 Å². The van der Waals surface area contributed by atoms with Gasteiger partial charge in [-0.15, -0.1) is 0 Å². The van der Waals surface area contributed by atoms with Gasteiger partial charge in [0.2, 0.25) is 6.10 Å². The van der Waals surface area contributed by atoms with Gasteiger partial charge in [-0.1, -0.05) is 29.4 Å². The van der Waals surface area contributed by atoms with Gasteiger partial charge >= 0.3 is 0 Å². The minimum absolute atomic E-state index is 0.257. The molecule has 1 aliphatic rings. The maximum atomic E-state index is 12.9. The first-order valence-corrected chi connectivity index (χ1v) is 7.55. The number of halogens is 1. The molecule has 1 aliphatic heterocycles. The van der Waals surface area contributed by atoms with Crippen LogP contribution < -0.4 is 10.1 Å².